The van der Waals surface area contributed by atoms with Crippen LogP contribution in [0.4, 0.5) is 11.6 Å². The maximum Gasteiger partial charge on any atom is 0.339 e. The van der Waals surface area contributed by atoms with E-state index in [1.807, 2.05) is 0 Å². The average molecular weight is 898 g/mol. The Hall–Kier alpha value is -1.89. The number of aromatic nitrogens is 2. The second-order valence-corrected chi connectivity index (χ2v) is 11.4. The summed E-state index contributed by atoms with van der Waals surface area (Å²) in [6, 6.07) is 0. The number of nitrogens with zero attached hydrogens (tertiary/aromatic N) is 6. The van der Waals surface area contributed by atoms with Crippen LogP contribution in [0.5, 0.6) is 0 Å². The minimum atomic E-state index is -0.900. The van der Waals surface area contributed by atoms with Gasteiger partial charge in [0, 0.05) is 115 Å². The Balaban J connectivity index is -0.000000338. The molecule has 0 aliphatic rings. The van der Waals surface area contributed by atoms with Crippen molar-refractivity contribution in [2.45, 2.75) is 52.7 Å². The Bertz CT molecular complexity index is 1420. The smallest absolute Gasteiger partial charge is 0.339 e. The third kappa shape index (κ3) is 18.1. The van der Waals surface area contributed by atoms with E-state index in [1.165, 1.54) is 6.34 Å². The van der Waals surface area contributed by atoms with Crippen LogP contribution in [-0.2, 0) is 19.1 Å². The van der Waals surface area contributed by atoms with E-state index in [-0.39, 0.29) is 101 Å². The van der Waals surface area contributed by atoms with Crippen LogP contribution in [0.25, 0.3) is 21.2 Å². The molecule has 0 spiro atoms. The second-order valence-electron chi connectivity index (χ2n) is 9.81. The van der Waals surface area contributed by atoms with Gasteiger partial charge in [0.2, 0.25) is 0 Å². The number of anilines is 1. The molecule has 0 atom stereocenters. The van der Waals surface area contributed by atoms with Crippen molar-refractivity contribution >= 4 is 88.0 Å². The van der Waals surface area contributed by atoms with Crippen LogP contribution in [0.15, 0.2) is 16.4 Å². The molecule has 45 heavy (non-hydrogen) atoms. The SMILES string of the molecule is [B].[B][B].[C-]#[N+]/C(C(=O)OC(C)(C)C)=C(/O)c1s[c-]nc1N.[C-]#[N+]/C(C(=O)OC(C)(C)C)=C(/O)c1s[c-]nc1N=CN(C)C.[La].[La]. The van der Waals surface area contributed by atoms with Crippen molar-refractivity contribution in [1.29, 1.82) is 0 Å². The number of nitrogen functional groups attached to an aromatic ring is 1. The third-order valence-electron chi connectivity index (χ3n) is 3.75. The van der Waals surface area contributed by atoms with Gasteiger partial charge in [-0.2, -0.15) is 0 Å². The van der Waals surface area contributed by atoms with Crippen LogP contribution in [0.2, 0.25) is 0 Å². The Kier molecular flexibility index (Phi) is 26.0. The van der Waals surface area contributed by atoms with Crippen molar-refractivity contribution in [2.24, 2.45) is 4.99 Å². The van der Waals surface area contributed by atoms with Gasteiger partial charge in [0.15, 0.2) is 0 Å². The Morgan fingerprint density at radius 3 is 1.62 bits per heavy atom. The van der Waals surface area contributed by atoms with Gasteiger partial charge >= 0.3 is 11.9 Å². The largest absolute Gasteiger partial charge is 0.531 e. The van der Waals surface area contributed by atoms with Crippen LogP contribution in [-0.4, -0.2) is 92.5 Å². The molecule has 2 aromatic heterocycles. The number of thiazole rings is 2. The quantitative estimate of drug-likeness (QED) is 0.0743. The molecule has 2 aromatic rings. The molecule has 0 aliphatic heterocycles. The molecule has 0 aromatic carbocycles. The maximum atomic E-state index is 12.0. The number of hydrogen-bond acceptors (Lipinski definition) is 12. The van der Waals surface area contributed by atoms with E-state index in [0.717, 1.165) is 22.7 Å². The van der Waals surface area contributed by atoms with Gasteiger partial charge in [0.1, 0.15) is 11.2 Å². The van der Waals surface area contributed by atoms with Gasteiger partial charge in [0.25, 0.3) is 11.4 Å². The zero-order valence-electron chi connectivity index (χ0n) is 26.1. The van der Waals surface area contributed by atoms with E-state index in [9.17, 15) is 19.8 Å². The molecule has 2 rings (SSSR count). The van der Waals surface area contributed by atoms with Crippen molar-refractivity contribution < 1.29 is 100 Å². The molecule has 9 radical (unpaired) electrons. The molecule has 0 amide bonds. The van der Waals surface area contributed by atoms with E-state index < -0.39 is 46.1 Å². The molecule has 0 fully saturated rings. The first-order valence-electron chi connectivity index (χ1n) is 11.5. The third-order valence-corrected chi connectivity index (χ3v) is 5.30. The predicted molar refractivity (Wildman–Crippen MR) is 169 cm³/mol. The van der Waals surface area contributed by atoms with Crippen molar-refractivity contribution in [2.75, 3.05) is 19.8 Å². The van der Waals surface area contributed by atoms with E-state index >= 15 is 0 Å². The molecule has 13 nitrogen and oxygen atoms in total. The predicted octanol–water partition coefficient (Wildman–Crippen LogP) is 3.52. The fraction of sp³-hybridized carbons (Fsp3) is 0.400. The number of esters is 2. The number of aliphatic hydroxyl groups is 2. The van der Waals surface area contributed by atoms with Crippen LogP contribution in [0.1, 0.15) is 51.3 Å². The minimum absolute atomic E-state index is 0. The fourth-order valence-electron chi connectivity index (χ4n) is 2.27. The van der Waals surface area contributed by atoms with Crippen LogP contribution >= 0.6 is 22.7 Å². The maximum absolute atomic E-state index is 12.0. The molecule has 0 bridgehead atoms. The molecule has 20 heteroatoms. The number of hydrogen-bond donors (Lipinski definition) is 3. The van der Waals surface area contributed by atoms with Gasteiger partial charge in [-0.25, -0.2) is 9.69 Å². The summed E-state index contributed by atoms with van der Waals surface area (Å²) in [6.07, 6.45) is 1.49. The van der Waals surface area contributed by atoms with E-state index in [4.69, 9.17) is 28.4 Å². The topological polar surface area (TPSA) is 169 Å². The molecule has 0 aliphatic carbocycles. The summed E-state index contributed by atoms with van der Waals surface area (Å²) < 4.78 is 10.1. The summed E-state index contributed by atoms with van der Waals surface area (Å²) in [4.78, 5) is 43.3. The number of ether oxygens (including phenoxy) is 2. The molecule has 0 unspecified atom stereocenters. The van der Waals surface area contributed by atoms with E-state index in [1.54, 1.807) is 60.5 Å². The monoisotopic (exact) mass is 898 g/mol. The Morgan fingerprint density at radius 2 is 1.29 bits per heavy atom. The summed E-state index contributed by atoms with van der Waals surface area (Å²) in [5.74, 6) is -2.63. The average Bonchev–Trinajstić information content (AvgIpc) is 3.51. The number of carbonyl (C=O) groups excluding carboxylic acids is 2. The summed E-state index contributed by atoms with van der Waals surface area (Å²) >= 11 is 1.88. The summed E-state index contributed by atoms with van der Waals surface area (Å²) in [5, 5.41) is 20.1. The van der Waals surface area contributed by atoms with E-state index in [2.05, 4.69) is 51.1 Å². The van der Waals surface area contributed by atoms with Crippen molar-refractivity contribution in [3.8, 4) is 0 Å². The van der Waals surface area contributed by atoms with Crippen LogP contribution in [0.3, 0.4) is 0 Å². The second kappa shape index (κ2) is 23.4. The minimum Gasteiger partial charge on any atom is -0.531 e. The summed E-state index contributed by atoms with van der Waals surface area (Å²) in [7, 11) is 11.6. The fourth-order valence-corrected chi connectivity index (χ4v) is 3.45. The first kappa shape index (κ1) is 50.0. The van der Waals surface area contributed by atoms with Crippen LogP contribution in [0, 0.1) is 95.4 Å². The Labute approximate surface area is 332 Å². The molecule has 4 N–H and O–H groups in total. The van der Waals surface area contributed by atoms with Gasteiger partial charge in [-0.15, -0.1) is 0 Å². The zero-order chi connectivity index (χ0) is 32.8. The molecular weight excluding hydrogens is 869 g/mol. The van der Waals surface area contributed by atoms with Crippen molar-refractivity contribution in [3.05, 3.63) is 55.0 Å². The zero-order valence-corrected chi connectivity index (χ0v) is 35.0. The summed E-state index contributed by atoms with van der Waals surface area (Å²) in [5.41, 5.74) is 7.98. The Morgan fingerprint density at radius 1 is 0.911 bits per heavy atom. The standard InChI is InChI=1S/C14H17N4O3S.C11H12N3O3S.B2.B.2La/c1-14(2,3)21-13(20)9(15-4)10(19)11-12(17-8-22-11)16-7-18(5)6;1-11(2,3)17-10(16)6(13-4)7(15)8-9(12)14-5-18-8;1-2;;;/h7,19H,1-3,5-6H3;15H,12H2,1-3H3;;;;/q2*-1;;;;/b10-9+,16-7?;7-6+;;;;. The van der Waals surface area contributed by atoms with Crippen LogP contribution < -0.4 is 5.73 Å². The number of rotatable bonds is 6. The number of nitrogens with two attached hydrogens (primary N) is 1. The van der Waals surface area contributed by atoms with Gasteiger partial charge in [-0.1, -0.05) is 9.75 Å². The molecule has 0 saturated heterocycles. The van der Waals surface area contributed by atoms with Crippen molar-refractivity contribution in [3.63, 3.8) is 0 Å². The first-order chi connectivity index (χ1) is 19.4. The van der Waals surface area contributed by atoms with Gasteiger partial charge < -0.3 is 40.3 Å². The van der Waals surface area contributed by atoms with Gasteiger partial charge in [0.05, 0.1) is 31.0 Å². The molecule has 0 saturated carbocycles. The normalized spacial score (nSPS) is 11.3. The van der Waals surface area contributed by atoms with E-state index in [0.29, 0.717) is 0 Å². The number of aliphatic hydroxyl groups excluding tert-OH is 2. The number of carbonyl (C=O) groups is 2. The number of aliphatic imine (C=N–C) groups is 1. The summed E-state index contributed by atoms with van der Waals surface area (Å²) in [6.45, 7) is 24.1. The van der Waals surface area contributed by atoms with Gasteiger partial charge in [-0.05, 0) is 58.4 Å². The molecule has 229 valence electrons. The van der Waals surface area contributed by atoms with Gasteiger partial charge in [-0.3, -0.25) is 37.3 Å². The van der Waals surface area contributed by atoms with Crippen molar-refractivity contribution in [1.82, 2.24) is 14.9 Å². The molecular formula is C25H29B3La2N7O6S2-2. The molecule has 2 heterocycles. The first-order valence-corrected chi connectivity index (χ1v) is 13.2.